The van der Waals surface area contributed by atoms with Crippen molar-refractivity contribution in [3.05, 3.63) is 60.2 Å². The molecular weight excluding hydrogens is 252 g/mol. The van der Waals surface area contributed by atoms with Crippen LogP contribution >= 0.6 is 12.2 Å². The number of benzene rings is 2. The van der Waals surface area contributed by atoms with Crippen LogP contribution < -0.4 is 10.2 Å². The molecule has 0 heterocycles. The first kappa shape index (κ1) is 13.6. The minimum absolute atomic E-state index is 0.701. The molecule has 98 valence electrons. The Morgan fingerprint density at radius 1 is 1.05 bits per heavy atom. The SMILES string of the molecule is CCc1ccccc1NC(=S)N(C)c1ccccc1. The number of nitrogens with zero attached hydrogens (tertiary/aromatic N) is 1. The summed E-state index contributed by atoms with van der Waals surface area (Å²) in [5, 5.41) is 4.02. The lowest BCUT2D eigenvalue weighted by Crippen LogP contribution is -2.31. The first-order chi connectivity index (χ1) is 9.22. The first-order valence-electron chi connectivity index (χ1n) is 6.40. The topological polar surface area (TPSA) is 15.3 Å². The standard InChI is InChI=1S/C16H18N2S/c1-3-13-9-7-8-12-15(13)17-16(19)18(2)14-10-5-4-6-11-14/h4-12H,3H2,1-2H3,(H,17,19). The van der Waals surface area contributed by atoms with E-state index in [1.165, 1.54) is 5.56 Å². The third-order valence-electron chi connectivity index (χ3n) is 3.09. The molecule has 2 rings (SSSR count). The van der Waals surface area contributed by atoms with E-state index in [-0.39, 0.29) is 0 Å². The Balaban J connectivity index is 2.13. The van der Waals surface area contributed by atoms with Gasteiger partial charge in [-0.3, -0.25) is 0 Å². The molecular formula is C16H18N2S. The zero-order valence-electron chi connectivity index (χ0n) is 11.3. The lowest BCUT2D eigenvalue weighted by molar-refractivity contribution is 1.14. The lowest BCUT2D eigenvalue weighted by atomic mass is 10.1. The quantitative estimate of drug-likeness (QED) is 0.846. The fourth-order valence-corrected chi connectivity index (χ4v) is 2.13. The third-order valence-corrected chi connectivity index (χ3v) is 3.46. The summed E-state index contributed by atoms with van der Waals surface area (Å²) >= 11 is 5.46. The molecule has 2 aromatic rings. The van der Waals surface area contributed by atoms with Crippen molar-refractivity contribution in [2.24, 2.45) is 0 Å². The molecule has 0 aliphatic rings. The second-order valence-electron chi connectivity index (χ2n) is 4.34. The Hall–Kier alpha value is -1.87. The van der Waals surface area contributed by atoms with Crippen LogP contribution in [0.4, 0.5) is 11.4 Å². The van der Waals surface area contributed by atoms with Crippen LogP contribution in [-0.2, 0) is 6.42 Å². The maximum absolute atomic E-state index is 5.46. The van der Waals surface area contributed by atoms with Gasteiger partial charge in [0.25, 0.3) is 0 Å². The largest absolute Gasteiger partial charge is 0.332 e. The van der Waals surface area contributed by atoms with Crippen LogP contribution in [0.2, 0.25) is 0 Å². The molecule has 0 aromatic heterocycles. The molecule has 1 N–H and O–H groups in total. The minimum Gasteiger partial charge on any atom is -0.332 e. The van der Waals surface area contributed by atoms with E-state index in [1.807, 2.05) is 54.4 Å². The lowest BCUT2D eigenvalue weighted by Gasteiger charge is -2.22. The van der Waals surface area contributed by atoms with Gasteiger partial charge in [-0.15, -0.1) is 0 Å². The summed E-state index contributed by atoms with van der Waals surface area (Å²) in [6.07, 6.45) is 0.987. The molecule has 0 fully saturated rings. The van der Waals surface area contributed by atoms with Crippen LogP contribution in [0.25, 0.3) is 0 Å². The Morgan fingerprint density at radius 2 is 1.68 bits per heavy atom. The molecule has 0 radical (unpaired) electrons. The summed E-state index contributed by atoms with van der Waals surface area (Å²) in [5.41, 5.74) is 3.43. The van der Waals surface area contributed by atoms with E-state index >= 15 is 0 Å². The Labute approximate surface area is 120 Å². The summed E-state index contributed by atoms with van der Waals surface area (Å²) in [6, 6.07) is 18.3. The molecule has 0 saturated heterocycles. The fraction of sp³-hybridized carbons (Fsp3) is 0.188. The van der Waals surface area contributed by atoms with Gasteiger partial charge in [-0.2, -0.15) is 0 Å². The number of nitrogens with one attached hydrogen (secondary N) is 1. The highest BCUT2D eigenvalue weighted by Crippen LogP contribution is 2.18. The number of thiocarbonyl (C=S) groups is 1. The summed E-state index contributed by atoms with van der Waals surface area (Å²) in [4.78, 5) is 1.97. The van der Waals surface area contributed by atoms with Gasteiger partial charge in [-0.1, -0.05) is 43.3 Å². The van der Waals surface area contributed by atoms with Crippen LogP contribution in [0.15, 0.2) is 54.6 Å². The maximum atomic E-state index is 5.46. The normalized spacial score (nSPS) is 10.0. The Kier molecular flexibility index (Phi) is 4.53. The highest BCUT2D eigenvalue weighted by atomic mass is 32.1. The van der Waals surface area contributed by atoms with Gasteiger partial charge in [0.05, 0.1) is 0 Å². The smallest absolute Gasteiger partial charge is 0.177 e. The average Bonchev–Trinajstić information content (AvgIpc) is 2.48. The molecule has 0 unspecified atom stereocenters. The number of rotatable bonds is 3. The third kappa shape index (κ3) is 3.32. The van der Waals surface area contributed by atoms with E-state index in [4.69, 9.17) is 12.2 Å². The van der Waals surface area contributed by atoms with Gasteiger partial charge in [0.15, 0.2) is 5.11 Å². The summed E-state index contributed by atoms with van der Waals surface area (Å²) in [6.45, 7) is 2.14. The minimum atomic E-state index is 0.701. The van der Waals surface area contributed by atoms with Gasteiger partial charge in [0.2, 0.25) is 0 Å². The Bertz CT molecular complexity index is 552. The zero-order chi connectivity index (χ0) is 13.7. The second kappa shape index (κ2) is 6.34. The average molecular weight is 270 g/mol. The second-order valence-corrected chi connectivity index (χ2v) is 4.72. The van der Waals surface area contributed by atoms with Crippen molar-refractivity contribution in [3.63, 3.8) is 0 Å². The van der Waals surface area contributed by atoms with E-state index in [1.54, 1.807) is 0 Å². The predicted molar refractivity (Wildman–Crippen MR) is 86.9 cm³/mol. The van der Waals surface area contributed by atoms with Crippen molar-refractivity contribution in [3.8, 4) is 0 Å². The van der Waals surface area contributed by atoms with Gasteiger partial charge in [-0.25, -0.2) is 0 Å². The van der Waals surface area contributed by atoms with Gasteiger partial charge < -0.3 is 10.2 Å². The van der Waals surface area contributed by atoms with Crippen molar-refractivity contribution >= 4 is 28.7 Å². The monoisotopic (exact) mass is 270 g/mol. The molecule has 0 atom stereocenters. The van der Waals surface area contributed by atoms with Crippen LogP contribution in [0.3, 0.4) is 0 Å². The number of aryl methyl sites for hydroxylation is 1. The van der Waals surface area contributed by atoms with E-state index < -0.39 is 0 Å². The van der Waals surface area contributed by atoms with Crippen molar-refractivity contribution in [2.75, 3.05) is 17.3 Å². The first-order valence-corrected chi connectivity index (χ1v) is 6.81. The van der Waals surface area contributed by atoms with E-state index in [0.29, 0.717) is 5.11 Å². The van der Waals surface area contributed by atoms with E-state index in [9.17, 15) is 0 Å². The molecule has 2 nitrogen and oxygen atoms in total. The molecule has 0 bridgehead atoms. The van der Waals surface area contributed by atoms with Crippen LogP contribution in [-0.4, -0.2) is 12.2 Å². The Morgan fingerprint density at radius 3 is 2.37 bits per heavy atom. The molecule has 2 aromatic carbocycles. The fourth-order valence-electron chi connectivity index (χ4n) is 1.92. The van der Waals surface area contributed by atoms with Gasteiger partial charge in [0.1, 0.15) is 0 Å². The summed E-state index contributed by atoms with van der Waals surface area (Å²) in [7, 11) is 1.97. The maximum Gasteiger partial charge on any atom is 0.177 e. The van der Waals surface area contributed by atoms with Crippen molar-refractivity contribution < 1.29 is 0 Å². The van der Waals surface area contributed by atoms with E-state index in [2.05, 4.69) is 24.4 Å². The van der Waals surface area contributed by atoms with Crippen molar-refractivity contribution in [1.29, 1.82) is 0 Å². The molecule has 0 aliphatic heterocycles. The highest BCUT2D eigenvalue weighted by molar-refractivity contribution is 7.80. The zero-order valence-corrected chi connectivity index (χ0v) is 12.1. The number of para-hydroxylation sites is 2. The molecule has 0 aliphatic carbocycles. The van der Waals surface area contributed by atoms with Gasteiger partial charge in [-0.05, 0) is 42.4 Å². The highest BCUT2D eigenvalue weighted by Gasteiger charge is 2.08. The van der Waals surface area contributed by atoms with E-state index in [0.717, 1.165) is 17.8 Å². The van der Waals surface area contributed by atoms with Gasteiger partial charge >= 0.3 is 0 Å². The van der Waals surface area contributed by atoms with Crippen LogP contribution in [0.5, 0.6) is 0 Å². The predicted octanol–water partition coefficient (Wildman–Crippen LogP) is 4.08. The van der Waals surface area contributed by atoms with Crippen molar-refractivity contribution in [1.82, 2.24) is 0 Å². The number of hydrogen-bond donors (Lipinski definition) is 1. The van der Waals surface area contributed by atoms with Gasteiger partial charge in [0, 0.05) is 18.4 Å². The van der Waals surface area contributed by atoms with Crippen molar-refractivity contribution in [2.45, 2.75) is 13.3 Å². The number of hydrogen-bond acceptors (Lipinski definition) is 1. The summed E-state index contributed by atoms with van der Waals surface area (Å²) in [5.74, 6) is 0. The molecule has 3 heteroatoms. The van der Waals surface area contributed by atoms with Crippen LogP contribution in [0.1, 0.15) is 12.5 Å². The van der Waals surface area contributed by atoms with Crippen LogP contribution in [0, 0.1) is 0 Å². The molecule has 0 saturated carbocycles. The number of anilines is 2. The molecule has 0 spiro atoms. The summed E-state index contributed by atoms with van der Waals surface area (Å²) < 4.78 is 0. The molecule has 0 amide bonds. The molecule has 19 heavy (non-hydrogen) atoms.